The third-order valence-corrected chi connectivity index (χ3v) is 2.40. The molecule has 0 bridgehead atoms. The van der Waals surface area contributed by atoms with Crippen molar-refractivity contribution >= 4 is 23.0 Å². The fourth-order valence-electron chi connectivity index (χ4n) is 1.59. The van der Waals surface area contributed by atoms with E-state index in [1.807, 2.05) is 12.1 Å². The monoisotopic (exact) mass is 260 g/mol. The molecule has 0 saturated carbocycles. The Morgan fingerprint density at radius 3 is 2.95 bits per heavy atom. The first-order valence-electron chi connectivity index (χ1n) is 5.59. The molecule has 0 aliphatic heterocycles. The largest absolute Gasteiger partial charge is 0.478 e. The zero-order chi connectivity index (χ0) is 13.8. The van der Waals surface area contributed by atoms with Gasteiger partial charge in [0.15, 0.2) is 11.5 Å². The Kier molecular flexibility index (Phi) is 3.61. The number of aliphatic carboxylic acids is 1. The summed E-state index contributed by atoms with van der Waals surface area (Å²) < 4.78 is 5.34. The van der Waals surface area contributed by atoms with Gasteiger partial charge in [0.1, 0.15) is 5.52 Å². The molecule has 0 unspecified atom stereocenters. The van der Waals surface area contributed by atoms with Gasteiger partial charge >= 0.3 is 5.97 Å². The Morgan fingerprint density at radius 2 is 2.21 bits per heavy atom. The minimum atomic E-state index is -1.16. The first kappa shape index (κ1) is 12.8. The van der Waals surface area contributed by atoms with E-state index in [9.17, 15) is 9.59 Å². The van der Waals surface area contributed by atoms with Crippen LogP contribution in [0.5, 0.6) is 0 Å². The third-order valence-electron chi connectivity index (χ3n) is 2.40. The fraction of sp³-hybridized carbons (Fsp3) is 0.154. The second-order valence-corrected chi connectivity index (χ2v) is 3.92. The van der Waals surface area contributed by atoms with Crippen LogP contribution in [0, 0.1) is 6.92 Å². The summed E-state index contributed by atoms with van der Waals surface area (Å²) in [7, 11) is 0. The number of fused-ring (bicyclic) bond motifs is 1. The van der Waals surface area contributed by atoms with Crippen LogP contribution in [-0.4, -0.2) is 22.0 Å². The van der Waals surface area contributed by atoms with Gasteiger partial charge in [0.05, 0.1) is 0 Å². The van der Waals surface area contributed by atoms with Crippen molar-refractivity contribution in [3.8, 4) is 0 Å². The summed E-state index contributed by atoms with van der Waals surface area (Å²) in [5.74, 6) is -1.03. The van der Waals surface area contributed by atoms with Crippen LogP contribution in [0.25, 0.3) is 11.1 Å². The molecule has 1 heterocycles. The zero-order valence-electron chi connectivity index (χ0n) is 10.2. The number of amides is 1. The van der Waals surface area contributed by atoms with Crippen molar-refractivity contribution in [2.45, 2.75) is 13.5 Å². The van der Waals surface area contributed by atoms with Crippen LogP contribution >= 0.6 is 0 Å². The van der Waals surface area contributed by atoms with E-state index in [1.165, 1.54) is 0 Å². The Labute approximate surface area is 108 Å². The maximum atomic E-state index is 11.3. The minimum Gasteiger partial charge on any atom is -0.478 e. The lowest BCUT2D eigenvalue weighted by Gasteiger charge is -2.01. The Morgan fingerprint density at radius 1 is 1.42 bits per heavy atom. The maximum Gasteiger partial charge on any atom is 0.328 e. The van der Waals surface area contributed by atoms with Gasteiger partial charge < -0.3 is 14.8 Å². The smallest absolute Gasteiger partial charge is 0.328 e. The average molecular weight is 260 g/mol. The number of carboxylic acid groups (broad SMARTS) is 1. The van der Waals surface area contributed by atoms with E-state index in [0.717, 1.165) is 23.2 Å². The molecule has 98 valence electrons. The van der Waals surface area contributed by atoms with Gasteiger partial charge in [0.25, 0.3) is 0 Å². The maximum absolute atomic E-state index is 11.3. The predicted octanol–water partition coefficient (Wildman–Crippen LogP) is 1.39. The van der Waals surface area contributed by atoms with E-state index in [0.29, 0.717) is 18.0 Å². The van der Waals surface area contributed by atoms with Crippen LogP contribution in [0.2, 0.25) is 0 Å². The molecule has 6 nitrogen and oxygen atoms in total. The molecule has 0 saturated heterocycles. The van der Waals surface area contributed by atoms with Crippen molar-refractivity contribution in [1.82, 2.24) is 10.3 Å². The van der Waals surface area contributed by atoms with Gasteiger partial charge in [-0.25, -0.2) is 9.78 Å². The molecule has 1 aromatic carbocycles. The van der Waals surface area contributed by atoms with E-state index in [-0.39, 0.29) is 0 Å². The number of nitrogens with one attached hydrogen (secondary N) is 1. The quantitative estimate of drug-likeness (QED) is 0.810. The lowest BCUT2D eigenvalue weighted by atomic mass is 10.2. The molecule has 2 aromatic rings. The van der Waals surface area contributed by atoms with Crippen molar-refractivity contribution in [3.63, 3.8) is 0 Å². The summed E-state index contributed by atoms with van der Waals surface area (Å²) in [5.41, 5.74) is 2.28. The molecule has 2 rings (SSSR count). The number of hydrogen-bond donors (Lipinski definition) is 2. The van der Waals surface area contributed by atoms with Crippen molar-refractivity contribution in [1.29, 1.82) is 0 Å². The van der Waals surface area contributed by atoms with Gasteiger partial charge in [-0.05, 0) is 17.7 Å². The molecule has 0 spiro atoms. The number of hydrogen-bond acceptors (Lipinski definition) is 4. The third kappa shape index (κ3) is 3.41. The highest BCUT2D eigenvalue weighted by molar-refractivity contribution is 5.93. The van der Waals surface area contributed by atoms with Gasteiger partial charge in [0.2, 0.25) is 5.91 Å². The first-order valence-corrected chi connectivity index (χ1v) is 5.59. The van der Waals surface area contributed by atoms with Gasteiger partial charge in [-0.1, -0.05) is 6.07 Å². The highest BCUT2D eigenvalue weighted by Crippen LogP contribution is 2.16. The normalized spacial score (nSPS) is 11.0. The summed E-state index contributed by atoms with van der Waals surface area (Å²) in [6.07, 6.45) is 1.76. The number of nitrogens with zero attached hydrogens (tertiary/aromatic N) is 1. The molecule has 0 atom stereocenters. The topological polar surface area (TPSA) is 92.4 Å². The Balaban J connectivity index is 2.01. The van der Waals surface area contributed by atoms with Gasteiger partial charge in [-0.3, -0.25) is 4.79 Å². The lowest BCUT2D eigenvalue weighted by molar-refractivity contribution is -0.131. The molecular formula is C13H12N2O4. The van der Waals surface area contributed by atoms with Crippen LogP contribution in [0.4, 0.5) is 0 Å². The van der Waals surface area contributed by atoms with E-state index >= 15 is 0 Å². The zero-order valence-corrected chi connectivity index (χ0v) is 10.2. The standard InChI is InChI=1S/C13H12N2O4/c1-8-15-10-6-9(2-3-11(10)19-8)7-14-12(16)4-5-13(17)18/h2-6H,7H2,1H3,(H,14,16)(H,17,18)/b5-4+. The SMILES string of the molecule is Cc1nc2cc(CNC(=O)/C=C/C(=O)O)ccc2o1. The Bertz CT molecular complexity index is 658. The van der Waals surface area contributed by atoms with Crippen molar-refractivity contribution in [2.24, 2.45) is 0 Å². The van der Waals surface area contributed by atoms with Gasteiger partial charge in [0, 0.05) is 25.6 Å². The molecule has 19 heavy (non-hydrogen) atoms. The molecule has 1 amide bonds. The second-order valence-electron chi connectivity index (χ2n) is 3.92. The molecule has 0 radical (unpaired) electrons. The van der Waals surface area contributed by atoms with E-state index in [4.69, 9.17) is 9.52 Å². The van der Waals surface area contributed by atoms with Crippen LogP contribution in [-0.2, 0) is 16.1 Å². The summed E-state index contributed by atoms with van der Waals surface area (Å²) in [5, 5.41) is 11.0. The molecule has 6 heteroatoms. The molecule has 2 N–H and O–H groups in total. The average Bonchev–Trinajstić information content (AvgIpc) is 2.73. The first-order chi connectivity index (χ1) is 9.04. The minimum absolute atomic E-state index is 0.296. The number of oxazole rings is 1. The van der Waals surface area contributed by atoms with Crippen LogP contribution in [0.1, 0.15) is 11.5 Å². The van der Waals surface area contributed by atoms with Crippen LogP contribution < -0.4 is 5.32 Å². The van der Waals surface area contributed by atoms with Crippen LogP contribution in [0.15, 0.2) is 34.8 Å². The molecule has 0 aliphatic carbocycles. The summed E-state index contributed by atoms with van der Waals surface area (Å²) in [6, 6.07) is 5.41. The molecule has 1 aromatic heterocycles. The van der Waals surface area contributed by atoms with E-state index in [1.54, 1.807) is 13.0 Å². The fourth-order valence-corrected chi connectivity index (χ4v) is 1.59. The second kappa shape index (κ2) is 5.34. The number of rotatable bonds is 4. The number of carbonyl (C=O) groups excluding carboxylic acids is 1. The van der Waals surface area contributed by atoms with Crippen LogP contribution in [0.3, 0.4) is 0 Å². The Hall–Kier alpha value is -2.63. The van der Waals surface area contributed by atoms with Gasteiger partial charge in [-0.15, -0.1) is 0 Å². The molecular weight excluding hydrogens is 248 g/mol. The van der Waals surface area contributed by atoms with Crippen molar-refractivity contribution in [3.05, 3.63) is 41.8 Å². The summed E-state index contributed by atoms with van der Waals surface area (Å²) in [4.78, 5) is 25.7. The number of carbonyl (C=O) groups is 2. The van der Waals surface area contributed by atoms with Crippen molar-refractivity contribution in [2.75, 3.05) is 0 Å². The van der Waals surface area contributed by atoms with Gasteiger partial charge in [-0.2, -0.15) is 0 Å². The highest BCUT2D eigenvalue weighted by atomic mass is 16.4. The predicted molar refractivity (Wildman–Crippen MR) is 67.4 cm³/mol. The van der Waals surface area contributed by atoms with E-state index in [2.05, 4.69) is 10.3 Å². The summed E-state index contributed by atoms with van der Waals surface area (Å²) >= 11 is 0. The highest BCUT2D eigenvalue weighted by Gasteiger charge is 2.04. The van der Waals surface area contributed by atoms with E-state index < -0.39 is 11.9 Å². The molecule has 0 aliphatic rings. The number of benzene rings is 1. The number of carboxylic acids is 1. The van der Waals surface area contributed by atoms with Crippen molar-refractivity contribution < 1.29 is 19.1 Å². The summed E-state index contributed by atoms with van der Waals surface area (Å²) in [6.45, 7) is 2.06. The number of aryl methyl sites for hydroxylation is 1. The number of aromatic nitrogens is 1. The molecule has 0 fully saturated rings. The lowest BCUT2D eigenvalue weighted by Crippen LogP contribution is -2.20.